The summed E-state index contributed by atoms with van der Waals surface area (Å²) in [6, 6.07) is 11.1. The van der Waals surface area contributed by atoms with Crippen LogP contribution in [0.25, 0.3) is 5.65 Å². The lowest BCUT2D eigenvalue weighted by Gasteiger charge is -2.09. The molecule has 0 aliphatic heterocycles. The molecule has 0 radical (unpaired) electrons. The third-order valence-corrected chi connectivity index (χ3v) is 4.58. The summed E-state index contributed by atoms with van der Waals surface area (Å²) in [5, 5.41) is 5.14. The third kappa shape index (κ3) is 3.29. The molecule has 0 aliphatic rings. The molecule has 0 bridgehead atoms. The van der Waals surface area contributed by atoms with E-state index in [1.165, 1.54) is 11.3 Å². The average molecular weight is 364 g/mol. The van der Waals surface area contributed by atoms with Crippen molar-refractivity contribution in [3.63, 3.8) is 0 Å². The van der Waals surface area contributed by atoms with Gasteiger partial charge in [0.2, 0.25) is 0 Å². The predicted molar refractivity (Wildman–Crippen MR) is 101 cm³/mol. The van der Waals surface area contributed by atoms with Gasteiger partial charge in [-0.1, -0.05) is 18.2 Å². The Morgan fingerprint density at radius 3 is 2.96 bits per heavy atom. The predicted octanol–water partition coefficient (Wildman–Crippen LogP) is 3.93. The van der Waals surface area contributed by atoms with Crippen molar-refractivity contribution >= 4 is 28.0 Å². The second-order valence-corrected chi connectivity index (χ2v) is 6.63. The number of carbonyl (C=O) groups is 1. The van der Waals surface area contributed by atoms with Gasteiger partial charge in [0.15, 0.2) is 5.13 Å². The number of hydrogen-bond donors (Lipinski definition) is 1. The normalized spacial score (nSPS) is 10.8. The van der Waals surface area contributed by atoms with E-state index in [2.05, 4.69) is 15.3 Å². The largest absolute Gasteiger partial charge is 0.486 e. The molecule has 7 heteroatoms. The van der Waals surface area contributed by atoms with Crippen LogP contribution >= 0.6 is 11.3 Å². The second kappa shape index (κ2) is 6.97. The topological polar surface area (TPSA) is 68.5 Å². The quantitative estimate of drug-likeness (QED) is 0.583. The highest BCUT2D eigenvalue weighted by Gasteiger charge is 2.14. The lowest BCUT2D eigenvalue weighted by atomic mass is 10.2. The molecule has 0 spiro atoms. The van der Waals surface area contributed by atoms with Crippen LogP contribution in [0.4, 0.5) is 5.13 Å². The standard InChI is InChI=1S/C19H16N4O2S/c1-13-5-4-9-23-11-14(21-17(13)23)12-25-16-7-3-2-6-15(16)18(24)22-19-20-8-10-26-19/h2-11H,12H2,1H3,(H,20,22,24). The number of nitrogens with one attached hydrogen (secondary N) is 1. The minimum atomic E-state index is -0.249. The maximum Gasteiger partial charge on any atom is 0.261 e. The van der Waals surface area contributed by atoms with Crippen LogP contribution in [0.5, 0.6) is 5.75 Å². The van der Waals surface area contributed by atoms with Gasteiger partial charge < -0.3 is 9.14 Å². The monoisotopic (exact) mass is 364 g/mol. The van der Waals surface area contributed by atoms with E-state index in [-0.39, 0.29) is 12.5 Å². The molecule has 0 atom stereocenters. The molecule has 0 aliphatic carbocycles. The van der Waals surface area contributed by atoms with Gasteiger partial charge in [0, 0.05) is 24.0 Å². The Kier molecular flexibility index (Phi) is 4.37. The molecule has 26 heavy (non-hydrogen) atoms. The molecule has 3 aromatic heterocycles. The van der Waals surface area contributed by atoms with E-state index >= 15 is 0 Å². The molecular formula is C19H16N4O2S. The van der Waals surface area contributed by atoms with Crippen molar-refractivity contribution in [2.24, 2.45) is 0 Å². The van der Waals surface area contributed by atoms with Crippen molar-refractivity contribution < 1.29 is 9.53 Å². The van der Waals surface area contributed by atoms with Gasteiger partial charge in [0.25, 0.3) is 5.91 Å². The van der Waals surface area contributed by atoms with Crippen molar-refractivity contribution in [3.05, 3.63) is 77.2 Å². The lowest BCUT2D eigenvalue weighted by Crippen LogP contribution is -2.13. The van der Waals surface area contributed by atoms with Crippen molar-refractivity contribution in [3.8, 4) is 5.75 Å². The zero-order valence-electron chi connectivity index (χ0n) is 14.0. The number of amides is 1. The number of anilines is 1. The summed E-state index contributed by atoms with van der Waals surface area (Å²) in [6.45, 7) is 2.30. The number of benzene rings is 1. The SMILES string of the molecule is Cc1cccn2cc(COc3ccccc3C(=O)Nc3nccs3)nc12. The number of fused-ring (bicyclic) bond motifs is 1. The number of hydrogen-bond acceptors (Lipinski definition) is 5. The number of carbonyl (C=O) groups excluding carboxylic acids is 1. The molecule has 6 nitrogen and oxygen atoms in total. The van der Waals surface area contributed by atoms with Gasteiger partial charge in [-0.25, -0.2) is 9.97 Å². The number of pyridine rings is 1. The van der Waals surface area contributed by atoms with E-state index in [1.54, 1.807) is 24.4 Å². The van der Waals surface area contributed by atoms with Crippen LogP contribution in [0.2, 0.25) is 0 Å². The Labute approximate surface area is 154 Å². The molecule has 3 heterocycles. The number of nitrogens with zero attached hydrogens (tertiary/aromatic N) is 3. The van der Waals surface area contributed by atoms with Crippen molar-refractivity contribution in [2.45, 2.75) is 13.5 Å². The summed E-state index contributed by atoms with van der Waals surface area (Å²) in [5.41, 5.74) is 3.26. The summed E-state index contributed by atoms with van der Waals surface area (Å²) in [6.07, 6.45) is 5.53. The Bertz CT molecular complexity index is 1060. The molecule has 1 amide bonds. The van der Waals surface area contributed by atoms with Gasteiger partial charge in [-0.2, -0.15) is 0 Å². The minimum Gasteiger partial charge on any atom is -0.486 e. The molecule has 0 unspecified atom stereocenters. The van der Waals surface area contributed by atoms with Crippen LogP contribution in [-0.4, -0.2) is 20.3 Å². The number of thiazole rings is 1. The van der Waals surface area contributed by atoms with E-state index < -0.39 is 0 Å². The van der Waals surface area contributed by atoms with Crippen LogP contribution < -0.4 is 10.1 Å². The summed E-state index contributed by atoms with van der Waals surface area (Å²) in [7, 11) is 0. The van der Waals surface area contributed by atoms with E-state index in [4.69, 9.17) is 4.74 Å². The van der Waals surface area contributed by atoms with E-state index in [0.29, 0.717) is 16.4 Å². The zero-order chi connectivity index (χ0) is 17.9. The van der Waals surface area contributed by atoms with E-state index in [0.717, 1.165) is 16.9 Å². The first-order valence-electron chi connectivity index (χ1n) is 8.06. The smallest absolute Gasteiger partial charge is 0.261 e. The van der Waals surface area contributed by atoms with Gasteiger partial charge in [-0.05, 0) is 30.7 Å². The maximum absolute atomic E-state index is 12.5. The highest BCUT2D eigenvalue weighted by Crippen LogP contribution is 2.22. The first kappa shape index (κ1) is 16.3. The van der Waals surface area contributed by atoms with Crippen LogP contribution in [0.1, 0.15) is 21.6 Å². The summed E-state index contributed by atoms with van der Waals surface area (Å²) in [4.78, 5) is 21.1. The highest BCUT2D eigenvalue weighted by atomic mass is 32.1. The fourth-order valence-electron chi connectivity index (χ4n) is 2.66. The van der Waals surface area contributed by atoms with Crippen LogP contribution in [0, 0.1) is 6.92 Å². The number of ether oxygens (including phenoxy) is 1. The minimum absolute atomic E-state index is 0.249. The summed E-state index contributed by atoms with van der Waals surface area (Å²) >= 11 is 1.37. The van der Waals surface area contributed by atoms with Gasteiger partial charge in [-0.3, -0.25) is 10.1 Å². The van der Waals surface area contributed by atoms with Crippen molar-refractivity contribution in [1.29, 1.82) is 0 Å². The van der Waals surface area contributed by atoms with Crippen molar-refractivity contribution in [1.82, 2.24) is 14.4 Å². The highest BCUT2D eigenvalue weighted by molar-refractivity contribution is 7.13. The summed E-state index contributed by atoms with van der Waals surface area (Å²) < 4.78 is 7.85. The molecule has 4 rings (SSSR count). The molecule has 4 aromatic rings. The van der Waals surface area contributed by atoms with E-state index in [9.17, 15) is 4.79 Å². The number of rotatable bonds is 5. The van der Waals surface area contributed by atoms with Gasteiger partial charge in [0.1, 0.15) is 18.0 Å². The van der Waals surface area contributed by atoms with Gasteiger partial charge in [-0.15, -0.1) is 11.3 Å². The first-order valence-corrected chi connectivity index (χ1v) is 8.94. The van der Waals surface area contributed by atoms with Crippen LogP contribution in [-0.2, 0) is 6.61 Å². The Morgan fingerprint density at radius 1 is 1.27 bits per heavy atom. The van der Waals surface area contributed by atoms with Crippen molar-refractivity contribution in [2.75, 3.05) is 5.32 Å². The van der Waals surface area contributed by atoms with E-state index in [1.807, 2.05) is 47.3 Å². The molecule has 1 aromatic carbocycles. The molecule has 1 N–H and O–H groups in total. The van der Waals surface area contributed by atoms with Crippen LogP contribution in [0.15, 0.2) is 60.4 Å². The Balaban J connectivity index is 1.52. The Hall–Kier alpha value is -3.19. The number of aromatic nitrogens is 3. The second-order valence-electron chi connectivity index (χ2n) is 5.73. The number of aryl methyl sites for hydroxylation is 1. The maximum atomic E-state index is 12.5. The van der Waals surface area contributed by atoms with Gasteiger partial charge >= 0.3 is 0 Å². The van der Waals surface area contributed by atoms with Crippen LogP contribution in [0.3, 0.4) is 0 Å². The van der Waals surface area contributed by atoms with Gasteiger partial charge in [0.05, 0.1) is 11.3 Å². The average Bonchev–Trinajstić information content (AvgIpc) is 3.30. The lowest BCUT2D eigenvalue weighted by molar-refractivity contribution is 0.102. The third-order valence-electron chi connectivity index (χ3n) is 3.89. The summed E-state index contributed by atoms with van der Waals surface area (Å²) in [5.74, 6) is 0.261. The molecular weight excluding hydrogens is 348 g/mol. The number of para-hydroxylation sites is 1. The fraction of sp³-hybridized carbons (Fsp3) is 0.105. The molecule has 0 fully saturated rings. The molecule has 130 valence electrons. The fourth-order valence-corrected chi connectivity index (χ4v) is 3.18. The molecule has 0 saturated carbocycles. The zero-order valence-corrected chi connectivity index (χ0v) is 14.9. The molecule has 0 saturated heterocycles. The Morgan fingerprint density at radius 2 is 2.15 bits per heavy atom. The number of imidazole rings is 1. The first-order chi connectivity index (χ1) is 12.7.